The molecule has 0 spiro atoms. The van der Waals surface area contributed by atoms with Crippen molar-refractivity contribution in [2.45, 2.75) is 6.42 Å². The molecule has 1 rings (SSSR count). The molecule has 0 heterocycles. The van der Waals surface area contributed by atoms with Gasteiger partial charge in [-0.25, -0.2) is 0 Å². The molecule has 0 saturated carbocycles. The summed E-state index contributed by atoms with van der Waals surface area (Å²) in [6.45, 7) is 3.69. The molecular weight excluding hydrogens is 228 g/mol. The molecule has 4 heteroatoms. The Hall–Kier alpha value is -1.35. The summed E-state index contributed by atoms with van der Waals surface area (Å²) < 4.78 is 15.7. The first-order valence-corrected chi connectivity index (χ1v) is 5.34. The van der Waals surface area contributed by atoms with Gasteiger partial charge in [-0.1, -0.05) is 17.7 Å². The van der Waals surface area contributed by atoms with Crippen LogP contribution in [0.5, 0.6) is 17.2 Å². The molecule has 1 aromatic rings. The second-order valence-corrected chi connectivity index (χ2v) is 3.29. The van der Waals surface area contributed by atoms with E-state index in [9.17, 15) is 0 Å². The molecular formula is C12H15ClO3. The Balaban J connectivity index is 3.19. The summed E-state index contributed by atoms with van der Waals surface area (Å²) in [4.78, 5) is 0. The van der Waals surface area contributed by atoms with Crippen LogP contribution in [0.2, 0.25) is 0 Å². The average molecular weight is 243 g/mol. The van der Waals surface area contributed by atoms with Gasteiger partial charge in [0.15, 0.2) is 17.6 Å². The number of rotatable bonds is 6. The zero-order valence-electron chi connectivity index (χ0n) is 9.46. The van der Waals surface area contributed by atoms with Crippen LogP contribution in [-0.4, -0.2) is 20.3 Å². The van der Waals surface area contributed by atoms with E-state index >= 15 is 0 Å². The highest BCUT2D eigenvalue weighted by atomic mass is 35.5. The van der Waals surface area contributed by atoms with Crippen molar-refractivity contribution in [1.82, 2.24) is 0 Å². The van der Waals surface area contributed by atoms with Crippen molar-refractivity contribution in [3.63, 3.8) is 0 Å². The maximum absolute atomic E-state index is 5.55. The predicted molar refractivity (Wildman–Crippen MR) is 64.8 cm³/mol. The lowest BCUT2D eigenvalue weighted by molar-refractivity contribution is 0.316. The second-order valence-electron chi connectivity index (χ2n) is 3.08. The number of methoxy groups -OCH3 is 2. The summed E-state index contributed by atoms with van der Waals surface area (Å²) in [5.41, 5.74) is 1.03. The summed E-state index contributed by atoms with van der Waals surface area (Å²) in [6, 6.07) is 3.82. The van der Waals surface area contributed by atoms with Crippen molar-refractivity contribution < 1.29 is 14.2 Å². The summed E-state index contributed by atoms with van der Waals surface area (Å²) in [5, 5.41) is 0. The van der Waals surface area contributed by atoms with E-state index in [1.807, 2.05) is 18.2 Å². The number of hydrogen-bond acceptors (Lipinski definition) is 3. The summed E-state index contributed by atoms with van der Waals surface area (Å²) in [7, 11) is 3.14. The molecule has 0 fully saturated rings. The molecule has 1 aromatic carbocycles. The van der Waals surface area contributed by atoms with Crippen LogP contribution in [0.3, 0.4) is 0 Å². The van der Waals surface area contributed by atoms with Gasteiger partial charge in [0.2, 0.25) is 5.75 Å². The second kappa shape index (κ2) is 6.28. The highest BCUT2D eigenvalue weighted by Gasteiger charge is 2.12. The number of halogens is 1. The van der Waals surface area contributed by atoms with Crippen molar-refractivity contribution in [3.8, 4) is 17.2 Å². The molecule has 16 heavy (non-hydrogen) atoms. The van der Waals surface area contributed by atoms with Gasteiger partial charge in [0.25, 0.3) is 0 Å². The van der Waals surface area contributed by atoms with Crippen LogP contribution in [0.25, 0.3) is 0 Å². The normalized spacial score (nSPS) is 9.69. The molecule has 0 amide bonds. The van der Waals surface area contributed by atoms with Crippen LogP contribution in [-0.2, 0) is 6.42 Å². The number of allylic oxidation sites excluding steroid dienone is 1. The van der Waals surface area contributed by atoms with E-state index < -0.39 is 0 Å². The van der Waals surface area contributed by atoms with E-state index in [4.69, 9.17) is 25.8 Å². The molecule has 0 atom stereocenters. The monoisotopic (exact) mass is 242 g/mol. The quantitative estimate of drug-likeness (QED) is 0.567. The van der Waals surface area contributed by atoms with Crippen molar-refractivity contribution in [3.05, 3.63) is 30.4 Å². The molecule has 0 aliphatic carbocycles. The highest BCUT2D eigenvalue weighted by Crippen LogP contribution is 2.38. The first-order chi connectivity index (χ1) is 7.76. The van der Waals surface area contributed by atoms with E-state index in [1.165, 1.54) is 0 Å². The summed E-state index contributed by atoms with van der Waals surface area (Å²) in [6.07, 6.45) is 2.55. The van der Waals surface area contributed by atoms with Crippen molar-refractivity contribution >= 4 is 11.6 Å². The standard InChI is InChI=1S/C12H15ClO3/c1-4-5-9-6-10(14-2)12(15-3)11(7-9)16-8-13/h4,6-7H,1,5,8H2,2-3H3. The SMILES string of the molecule is C=CCc1cc(OC)c(OC)c(OCCl)c1. The van der Waals surface area contributed by atoms with Gasteiger partial charge >= 0.3 is 0 Å². The molecule has 0 aliphatic rings. The molecule has 88 valence electrons. The highest BCUT2D eigenvalue weighted by molar-refractivity contribution is 6.17. The lowest BCUT2D eigenvalue weighted by atomic mass is 10.1. The molecule has 0 bridgehead atoms. The molecule has 0 N–H and O–H groups in total. The fourth-order valence-corrected chi connectivity index (χ4v) is 1.55. The molecule has 0 radical (unpaired) electrons. The number of benzene rings is 1. The van der Waals surface area contributed by atoms with Crippen molar-refractivity contribution in [2.75, 3.05) is 20.3 Å². The minimum absolute atomic E-state index is 0.0665. The fourth-order valence-electron chi connectivity index (χ4n) is 1.43. The van der Waals surface area contributed by atoms with E-state index in [-0.39, 0.29) is 6.07 Å². The van der Waals surface area contributed by atoms with Gasteiger partial charge in [0.1, 0.15) is 0 Å². The van der Waals surface area contributed by atoms with Gasteiger partial charge in [-0.3, -0.25) is 0 Å². The summed E-state index contributed by atoms with van der Waals surface area (Å²) in [5.74, 6) is 1.76. The van der Waals surface area contributed by atoms with Gasteiger partial charge < -0.3 is 14.2 Å². The third kappa shape index (κ3) is 2.83. The Labute approximate surface area is 101 Å². The smallest absolute Gasteiger partial charge is 0.203 e. The lowest BCUT2D eigenvalue weighted by Gasteiger charge is -2.14. The van der Waals surface area contributed by atoms with Crippen LogP contribution in [0.4, 0.5) is 0 Å². The average Bonchev–Trinajstić information content (AvgIpc) is 2.29. The number of ether oxygens (including phenoxy) is 3. The summed E-state index contributed by atoms with van der Waals surface area (Å²) >= 11 is 5.55. The maximum atomic E-state index is 5.55. The number of alkyl halides is 1. The van der Waals surface area contributed by atoms with E-state index in [2.05, 4.69) is 6.58 Å². The topological polar surface area (TPSA) is 27.7 Å². The largest absolute Gasteiger partial charge is 0.493 e. The maximum Gasteiger partial charge on any atom is 0.203 e. The third-order valence-corrected chi connectivity index (χ3v) is 2.20. The van der Waals surface area contributed by atoms with Crippen LogP contribution < -0.4 is 14.2 Å². The van der Waals surface area contributed by atoms with Gasteiger partial charge in [0.05, 0.1) is 14.2 Å². The van der Waals surface area contributed by atoms with Gasteiger partial charge in [-0.2, -0.15) is 0 Å². The first-order valence-electron chi connectivity index (χ1n) is 4.81. The Morgan fingerprint density at radius 1 is 1.25 bits per heavy atom. The van der Waals surface area contributed by atoms with E-state index in [0.29, 0.717) is 17.2 Å². The Bertz CT molecular complexity index is 364. The zero-order chi connectivity index (χ0) is 12.0. The van der Waals surface area contributed by atoms with Gasteiger partial charge in [-0.05, 0) is 24.1 Å². The van der Waals surface area contributed by atoms with E-state index in [0.717, 1.165) is 12.0 Å². The minimum atomic E-state index is 0.0665. The molecule has 3 nitrogen and oxygen atoms in total. The minimum Gasteiger partial charge on any atom is -0.493 e. The molecule has 0 saturated heterocycles. The number of hydrogen-bond donors (Lipinski definition) is 0. The Morgan fingerprint density at radius 3 is 2.44 bits per heavy atom. The van der Waals surface area contributed by atoms with Crippen molar-refractivity contribution in [2.24, 2.45) is 0 Å². The Morgan fingerprint density at radius 2 is 1.94 bits per heavy atom. The zero-order valence-corrected chi connectivity index (χ0v) is 10.2. The van der Waals surface area contributed by atoms with E-state index in [1.54, 1.807) is 14.2 Å². The fraction of sp³-hybridized carbons (Fsp3) is 0.333. The first kappa shape index (κ1) is 12.7. The van der Waals surface area contributed by atoms with Gasteiger partial charge in [-0.15, -0.1) is 6.58 Å². The predicted octanol–water partition coefficient (Wildman–Crippen LogP) is 3.01. The molecule has 0 unspecified atom stereocenters. The van der Waals surface area contributed by atoms with Crippen LogP contribution >= 0.6 is 11.6 Å². The van der Waals surface area contributed by atoms with Gasteiger partial charge in [0, 0.05) is 0 Å². The molecule has 0 aliphatic heterocycles. The Kier molecular flexibility index (Phi) is 4.99. The van der Waals surface area contributed by atoms with Crippen molar-refractivity contribution in [1.29, 1.82) is 0 Å². The molecule has 0 aromatic heterocycles. The van der Waals surface area contributed by atoms with Crippen LogP contribution in [0, 0.1) is 0 Å². The lowest BCUT2D eigenvalue weighted by Crippen LogP contribution is -1.98. The van der Waals surface area contributed by atoms with Crippen LogP contribution in [0.1, 0.15) is 5.56 Å². The van der Waals surface area contributed by atoms with Crippen LogP contribution in [0.15, 0.2) is 24.8 Å². The third-order valence-electron chi connectivity index (χ3n) is 2.09.